The van der Waals surface area contributed by atoms with Crippen LogP contribution in [0.3, 0.4) is 0 Å². The van der Waals surface area contributed by atoms with Crippen molar-refractivity contribution in [1.29, 1.82) is 0 Å². The summed E-state index contributed by atoms with van der Waals surface area (Å²) in [6.45, 7) is 2.42. The van der Waals surface area contributed by atoms with Crippen molar-refractivity contribution < 1.29 is 17.6 Å². The van der Waals surface area contributed by atoms with Crippen LogP contribution in [0.15, 0.2) is 64.9 Å². The Morgan fingerprint density at radius 3 is 2.53 bits per heavy atom. The zero-order valence-electron chi connectivity index (χ0n) is 18.8. The predicted octanol–water partition coefficient (Wildman–Crippen LogP) is 5.51. The van der Waals surface area contributed by atoms with Crippen LogP contribution in [0.1, 0.15) is 41.8 Å². The number of benzene rings is 2. The van der Waals surface area contributed by atoms with Crippen LogP contribution in [0.5, 0.6) is 0 Å². The fourth-order valence-electron chi connectivity index (χ4n) is 4.21. The third-order valence-electron chi connectivity index (χ3n) is 6.00. The first-order valence-corrected chi connectivity index (χ1v) is 13.9. The molecule has 0 saturated carbocycles. The van der Waals surface area contributed by atoms with Crippen molar-refractivity contribution in [2.24, 2.45) is 0 Å². The van der Waals surface area contributed by atoms with E-state index >= 15 is 0 Å². The topological polar surface area (TPSA) is 57.7 Å². The van der Waals surface area contributed by atoms with Crippen molar-refractivity contribution in [2.45, 2.75) is 37.1 Å². The number of halogens is 2. The van der Waals surface area contributed by atoms with Gasteiger partial charge in [-0.1, -0.05) is 37.1 Å². The van der Waals surface area contributed by atoms with Gasteiger partial charge in [0.1, 0.15) is 5.82 Å². The Morgan fingerprint density at radius 2 is 1.85 bits per heavy atom. The molecule has 2 aromatic carbocycles. The van der Waals surface area contributed by atoms with Crippen molar-refractivity contribution in [2.75, 3.05) is 19.6 Å². The second kappa shape index (κ2) is 10.6. The summed E-state index contributed by atoms with van der Waals surface area (Å²) < 4.78 is 41.6. The first-order chi connectivity index (χ1) is 16.3. The molecule has 34 heavy (non-hydrogen) atoms. The Hall–Kier alpha value is -2.26. The van der Waals surface area contributed by atoms with E-state index < -0.39 is 10.0 Å². The quantitative estimate of drug-likeness (QED) is 0.394. The molecular weight excluding hydrogens is 495 g/mol. The molecule has 0 aliphatic carbocycles. The van der Waals surface area contributed by atoms with E-state index in [4.69, 9.17) is 11.6 Å². The van der Waals surface area contributed by atoms with Gasteiger partial charge in [0.05, 0.1) is 17.5 Å². The van der Waals surface area contributed by atoms with E-state index in [1.54, 1.807) is 28.4 Å². The average molecular weight is 521 g/mol. The van der Waals surface area contributed by atoms with Gasteiger partial charge >= 0.3 is 0 Å². The predicted molar refractivity (Wildman–Crippen MR) is 133 cm³/mol. The van der Waals surface area contributed by atoms with Gasteiger partial charge in [-0.15, -0.1) is 11.3 Å². The maximum absolute atomic E-state index is 13.6. The molecule has 1 amide bonds. The second-order valence-electron chi connectivity index (χ2n) is 8.24. The number of hydrogen-bond acceptors (Lipinski definition) is 4. The number of unbranched alkanes of at least 4 members (excludes halogenated alkanes) is 1. The van der Waals surface area contributed by atoms with Crippen LogP contribution in [0, 0.1) is 5.82 Å². The monoisotopic (exact) mass is 520 g/mol. The van der Waals surface area contributed by atoms with Crippen molar-refractivity contribution in [3.8, 4) is 0 Å². The highest BCUT2D eigenvalue weighted by molar-refractivity contribution is 7.89. The van der Waals surface area contributed by atoms with Crippen molar-refractivity contribution in [1.82, 2.24) is 9.21 Å². The summed E-state index contributed by atoms with van der Waals surface area (Å²) in [5.74, 6) is -0.623. The number of sulfonamides is 1. The smallest absolute Gasteiger partial charge is 0.243 e. The molecular formula is C25H26ClFN2O3S2. The lowest BCUT2D eigenvalue weighted by atomic mass is 9.93. The molecule has 1 aromatic heterocycles. The van der Waals surface area contributed by atoms with Crippen LogP contribution in [0.2, 0.25) is 5.02 Å². The molecule has 0 saturated heterocycles. The number of carbonyl (C=O) groups is 1. The van der Waals surface area contributed by atoms with Gasteiger partial charge < -0.3 is 4.90 Å². The molecule has 2 heterocycles. The van der Waals surface area contributed by atoms with E-state index in [-0.39, 0.29) is 35.8 Å². The minimum Gasteiger partial charge on any atom is -0.330 e. The number of carbonyl (C=O) groups excluding carboxylic acids is 1. The maximum atomic E-state index is 13.6. The fraction of sp³-hybridized carbons (Fsp3) is 0.320. The van der Waals surface area contributed by atoms with Gasteiger partial charge in [0, 0.05) is 23.0 Å². The number of fused-ring (bicyclic) bond motifs is 1. The minimum absolute atomic E-state index is 0.106. The highest BCUT2D eigenvalue weighted by atomic mass is 35.5. The van der Waals surface area contributed by atoms with Crippen molar-refractivity contribution >= 4 is 38.9 Å². The van der Waals surface area contributed by atoms with Crippen LogP contribution in [-0.2, 0) is 21.2 Å². The molecule has 0 N–H and O–H groups in total. The van der Waals surface area contributed by atoms with Crippen LogP contribution in [0.4, 0.5) is 4.39 Å². The van der Waals surface area contributed by atoms with Gasteiger partial charge in [-0.05, 0) is 71.8 Å². The number of hydrogen-bond donors (Lipinski definition) is 0. The van der Waals surface area contributed by atoms with E-state index in [0.717, 1.165) is 17.5 Å². The molecule has 0 radical (unpaired) electrons. The van der Waals surface area contributed by atoms with Crippen molar-refractivity contribution in [3.05, 3.63) is 86.8 Å². The van der Waals surface area contributed by atoms with Gasteiger partial charge in [0.15, 0.2) is 0 Å². The summed E-state index contributed by atoms with van der Waals surface area (Å²) in [6, 6.07) is 13.7. The summed E-state index contributed by atoms with van der Waals surface area (Å²) in [6.07, 6.45) is 2.13. The van der Waals surface area contributed by atoms with E-state index in [1.165, 1.54) is 45.6 Å². The van der Waals surface area contributed by atoms with E-state index in [9.17, 15) is 17.6 Å². The molecule has 4 rings (SSSR count). The molecule has 1 aliphatic rings. The largest absolute Gasteiger partial charge is 0.330 e. The third kappa shape index (κ3) is 5.20. The highest BCUT2D eigenvalue weighted by Gasteiger charge is 2.35. The van der Waals surface area contributed by atoms with E-state index in [0.29, 0.717) is 24.4 Å². The summed E-state index contributed by atoms with van der Waals surface area (Å²) in [7, 11) is -3.88. The summed E-state index contributed by atoms with van der Waals surface area (Å²) in [5.41, 5.74) is 1.81. The molecule has 180 valence electrons. The van der Waals surface area contributed by atoms with Gasteiger partial charge in [-0.2, -0.15) is 4.31 Å². The first kappa shape index (κ1) is 24.9. The SMILES string of the molecule is CCCCN(CC(=O)N1CCc2sccc2C1c1ccc(F)cc1)S(=O)(=O)c1ccc(Cl)cc1. The molecule has 1 unspecified atom stereocenters. The van der Waals surface area contributed by atoms with Gasteiger partial charge in [-0.3, -0.25) is 4.79 Å². The molecule has 1 aliphatic heterocycles. The second-order valence-corrected chi connectivity index (χ2v) is 11.6. The first-order valence-electron chi connectivity index (χ1n) is 11.2. The van der Waals surface area contributed by atoms with Crippen LogP contribution in [-0.4, -0.2) is 43.2 Å². The van der Waals surface area contributed by atoms with Crippen LogP contribution in [0.25, 0.3) is 0 Å². The van der Waals surface area contributed by atoms with E-state index in [2.05, 4.69) is 0 Å². The molecule has 1 atom stereocenters. The maximum Gasteiger partial charge on any atom is 0.243 e. The zero-order valence-corrected chi connectivity index (χ0v) is 21.2. The molecule has 3 aromatic rings. The average Bonchev–Trinajstić information content (AvgIpc) is 3.31. The Bertz CT molecular complexity index is 1240. The summed E-state index contributed by atoms with van der Waals surface area (Å²) >= 11 is 7.57. The molecule has 0 spiro atoms. The Labute approximate surface area is 208 Å². The number of nitrogens with zero attached hydrogens (tertiary/aromatic N) is 2. The fourth-order valence-corrected chi connectivity index (χ4v) is 6.66. The van der Waals surface area contributed by atoms with Crippen LogP contribution >= 0.6 is 22.9 Å². The number of amides is 1. The number of rotatable bonds is 8. The Balaban J connectivity index is 1.64. The summed E-state index contributed by atoms with van der Waals surface area (Å²) in [4.78, 5) is 16.6. The Kier molecular flexibility index (Phi) is 7.72. The number of thiophene rings is 1. The molecule has 0 fully saturated rings. The lowest BCUT2D eigenvalue weighted by Gasteiger charge is -2.37. The van der Waals surface area contributed by atoms with E-state index in [1.807, 2.05) is 18.4 Å². The van der Waals surface area contributed by atoms with Gasteiger partial charge in [0.25, 0.3) is 0 Å². The minimum atomic E-state index is -3.88. The normalized spacial score (nSPS) is 16.0. The Morgan fingerprint density at radius 1 is 1.15 bits per heavy atom. The summed E-state index contributed by atoms with van der Waals surface area (Å²) in [5, 5.41) is 2.44. The molecule has 0 bridgehead atoms. The highest BCUT2D eigenvalue weighted by Crippen LogP contribution is 2.38. The van der Waals surface area contributed by atoms with Crippen molar-refractivity contribution in [3.63, 3.8) is 0 Å². The van der Waals surface area contributed by atoms with Gasteiger partial charge in [-0.25, -0.2) is 12.8 Å². The zero-order chi connectivity index (χ0) is 24.3. The lowest BCUT2D eigenvalue weighted by molar-refractivity contribution is -0.133. The lowest BCUT2D eigenvalue weighted by Crippen LogP contribution is -2.47. The molecule has 9 heteroatoms. The molecule has 5 nitrogen and oxygen atoms in total. The van der Waals surface area contributed by atoms with Gasteiger partial charge in [0.2, 0.25) is 15.9 Å². The standard InChI is InChI=1S/C25H26ClFN2O3S2/c1-2-3-14-28(34(31,32)21-10-6-19(26)7-11-21)17-24(30)29-15-12-23-22(13-16-33-23)25(29)18-4-8-20(27)9-5-18/h4-11,13,16,25H,2-3,12,14-15,17H2,1H3. The third-order valence-corrected chi connectivity index (χ3v) is 9.10. The van der Waals surface area contributed by atoms with Crippen LogP contribution < -0.4 is 0 Å².